The lowest BCUT2D eigenvalue weighted by Crippen LogP contribution is -2.37. The highest BCUT2D eigenvalue weighted by Crippen LogP contribution is 2.44. The van der Waals surface area contributed by atoms with Crippen LogP contribution in [0.4, 0.5) is 0 Å². The molecule has 0 amide bonds. The molecule has 1 aliphatic heterocycles. The molecule has 1 fully saturated rings. The largest absolute Gasteiger partial charge is 0.350 e. The molecule has 1 aromatic rings. The van der Waals surface area contributed by atoms with Gasteiger partial charge in [0.15, 0.2) is 6.29 Å². The average molecular weight is 204 g/mol. The van der Waals surface area contributed by atoms with Gasteiger partial charge in [0.2, 0.25) is 0 Å². The summed E-state index contributed by atoms with van der Waals surface area (Å²) in [7, 11) is 0. The molecule has 0 saturated carbocycles. The van der Waals surface area contributed by atoms with Crippen LogP contribution in [0.15, 0.2) is 24.3 Å². The van der Waals surface area contributed by atoms with E-state index in [9.17, 15) is 0 Å². The Balaban J connectivity index is 1.98. The molecule has 0 unspecified atom stereocenters. The zero-order chi connectivity index (χ0) is 10.4. The summed E-state index contributed by atoms with van der Waals surface area (Å²) in [6.07, 6.45) is 1.56. The van der Waals surface area contributed by atoms with E-state index in [4.69, 9.17) is 9.47 Å². The number of ether oxygens (including phenoxy) is 2. The minimum absolute atomic E-state index is 0.0765. The molecular formula is C13H16O2. The van der Waals surface area contributed by atoms with Gasteiger partial charge in [-0.25, -0.2) is 0 Å². The summed E-state index contributed by atoms with van der Waals surface area (Å²) in [5.41, 5.74) is 2.79. The standard InChI is InChI=1S/C13H16O2/c1-8-12-7-10-5-3-4-6-11(10)13(12)15-9(2)14-8/h3-6,8-9,12-13H,7H2,1-2H3/t8-,9+,12-,13+/m1/s1. The van der Waals surface area contributed by atoms with Crippen LogP contribution in [0.1, 0.15) is 31.1 Å². The van der Waals surface area contributed by atoms with Crippen molar-refractivity contribution in [1.82, 2.24) is 0 Å². The Morgan fingerprint density at radius 2 is 1.93 bits per heavy atom. The van der Waals surface area contributed by atoms with Crippen LogP contribution in [-0.4, -0.2) is 12.4 Å². The maximum atomic E-state index is 5.88. The van der Waals surface area contributed by atoms with Crippen molar-refractivity contribution in [2.75, 3.05) is 0 Å². The molecule has 0 N–H and O–H groups in total. The fraction of sp³-hybridized carbons (Fsp3) is 0.538. The lowest BCUT2D eigenvalue weighted by atomic mass is 9.96. The van der Waals surface area contributed by atoms with Crippen molar-refractivity contribution in [3.63, 3.8) is 0 Å². The van der Waals surface area contributed by atoms with Crippen molar-refractivity contribution in [3.8, 4) is 0 Å². The topological polar surface area (TPSA) is 18.5 Å². The normalized spacial score (nSPS) is 38.5. The molecule has 0 radical (unpaired) electrons. The van der Waals surface area contributed by atoms with Crippen molar-refractivity contribution in [2.45, 2.75) is 38.8 Å². The number of hydrogen-bond donors (Lipinski definition) is 0. The van der Waals surface area contributed by atoms with Crippen molar-refractivity contribution < 1.29 is 9.47 Å². The molecule has 0 bridgehead atoms. The molecule has 2 nitrogen and oxygen atoms in total. The molecule has 1 saturated heterocycles. The quantitative estimate of drug-likeness (QED) is 0.647. The summed E-state index contributed by atoms with van der Waals surface area (Å²) in [4.78, 5) is 0. The monoisotopic (exact) mass is 204 g/mol. The van der Waals surface area contributed by atoms with Crippen molar-refractivity contribution in [3.05, 3.63) is 35.4 Å². The van der Waals surface area contributed by atoms with Crippen LogP contribution in [0.5, 0.6) is 0 Å². The van der Waals surface area contributed by atoms with Crippen LogP contribution in [0, 0.1) is 5.92 Å². The van der Waals surface area contributed by atoms with Gasteiger partial charge in [0.1, 0.15) is 0 Å². The number of fused-ring (bicyclic) bond motifs is 3. The van der Waals surface area contributed by atoms with Crippen molar-refractivity contribution >= 4 is 0 Å². The third-order valence-electron chi connectivity index (χ3n) is 3.55. The van der Waals surface area contributed by atoms with Gasteiger partial charge in [0.25, 0.3) is 0 Å². The van der Waals surface area contributed by atoms with E-state index in [0.29, 0.717) is 12.0 Å². The number of benzene rings is 1. The molecule has 1 aliphatic carbocycles. The third-order valence-corrected chi connectivity index (χ3v) is 3.55. The number of hydrogen-bond acceptors (Lipinski definition) is 2. The van der Waals surface area contributed by atoms with Gasteiger partial charge in [0.05, 0.1) is 12.2 Å². The Kier molecular flexibility index (Phi) is 2.08. The highest BCUT2D eigenvalue weighted by atomic mass is 16.7. The molecule has 0 spiro atoms. The Hall–Kier alpha value is -0.860. The van der Waals surface area contributed by atoms with Gasteiger partial charge in [0, 0.05) is 5.92 Å². The fourth-order valence-corrected chi connectivity index (χ4v) is 2.82. The summed E-state index contributed by atoms with van der Waals surface area (Å²) >= 11 is 0. The van der Waals surface area contributed by atoms with Crippen molar-refractivity contribution in [2.24, 2.45) is 5.92 Å². The van der Waals surface area contributed by atoms with E-state index in [1.54, 1.807) is 0 Å². The molecule has 4 atom stereocenters. The highest BCUT2D eigenvalue weighted by molar-refractivity contribution is 5.35. The first kappa shape index (κ1) is 9.37. The van der Waals surface area contributed by atoms with Crippen LogP contribution < -0.4 is 0 Å². The first-order valence-corrected chi connectivity index (χ1v) is 5.64. The smallest absolute Gasteiger partial charge is 0.156 e. The van der Waals surface area contributed by atoms with Gasteiger partial charge in [-0.2, -0.15) is 0 Å². The molecule has 1 heterocycles. The van der Waals surface area contributed by atoms with Crippen LogP contribution in [0.2, 0.25) is 0 Å². The SMILES string of the molecule is C[C@H]1O[C@H](C)[C@H]2Cc3ccccc3[C@@H]2O1. The first-order valence-electron chi connectivity index (χ1n) is 5.64. The Morgan fingerprint density at radius 1 is 1.13 bits per heavy atom. The maximum Gasteiger partial charge on any atom is 0.156 e. The van der Waals surface area contributed by atoms with E-state index in [0.717, 1.165) is 6.42 Å². The second-order valence-electron chi connectivity index (χ2n) is 4.53. The third kappa shape index (κ3) is 1.40. The van der Waals surface area contributed by atoms with Crippen molar-refractivity contribution in [1.29, 1.82) is 0 Å². The van der Waals surface area contributed by atoms with E-state index in [-0.39, 0.29) is 12.4 Å². The fourth-order valence-electron chi connectivity index (χ4n) is 2.82. The minimum Gasteiger partial charge on any atom is -0.350 e. The van der Waals surface area contributed by atoms with E-state index in [1.165, 1.54) is 11.1 Å². The molecule has 2 aliphatic rings. The second-order valence-corrected chi connectivity index (χ2v) is 4.53. The molecule has 80 valence electrons. The summed E-state index contributed by atoms with van der Waals surface area (Å²) < 4.78 is 11.6. The summed E-state index contributed by atoms with van der Waals surface area (Å²) in [5.74, 6) is 0.499. The molecular weight excluding hydrogens is 188 g/mol. The average Bonchev–Trinajstić information content (AvgIpc) is 2.57. The predicted molar refractivity (Wildman–Crippen MR) is 57.5 cm³/mol. The van der Waals surface area contributed by atoms with Gasteiger partial charge < -0.3 is 9.47 Å². The van der Waals surface area contributed by atoms with Gasteiger partial charge in [-0.05, 0) is 31.4 Å². The zero-order valence-corrected chi connectivity index (χ0v) is 9.14. The summed E-state index contributed by atoms with van der Waals surface area (Å²) in [6, 6.07) is 8.58. The van der Waals surface area contributed by atoms with Crippen LogP contribution >= 0.6 is 0 Å². The van der Waals surface area contributed by atoms with E-state index in [2.05, 4.69) is 31.2 Å². The van der Waals surface area contributed by atoms with E-state index < -0.39 is 0 Å². The zero-order valence-electron chi connectivity index (χ0n) is 9.14. The lowest BCUT2D eigenvalue weighted by Gasteiger charge is -2.36. The maximum absolute atomic E-state index is 5.88. The lowest BCUT2D eigenvalue weighted by molar-refractivity contribution is -0.254. The molecule has 0 aromatic heterocycles. The minimum atomic E-state index is -0.0765. The molecule has 15 heavy (non-hydrogen) atoms. The highest BCUT2D eigenvalue weighted by Gasteiger charge is 2.41. The summed E-state index contributed by atoms with van der Waals surface area (Å²) in [5, 5.41) is 0. The van der Waals surface area contributed by atoms with Crippen LogP contribution in [0.3, 0.4) is 0 Å². The van der Waals surface area contributed by atoms with E-state index >= 15 is 0 Å². The Morgan fingerprint density at radius 3 is 2.80 bits per heavy atom. The Bertz CT molecular complexity index is 375. The summed E-state index contributed by atoms with van der Waals surface area (Å²) in [6.45, 7) is 4.14. The van der Waals surface area contributed by atoms with E-state index in [1.807, 2.05) is 6.92 Å². The molecule has 3 rings (SSSR count). The first-order chi connectivity index (χ1) is 7.25. The van der Waals surface area contributed by atoms with Gasteiger partial charge in [-0.15, -0.1) is 0 Å². The second kappa shape index (κ2) is 3.32. The van der Waals surface area contributed by atoms with Crippen LogP contribution in [-0.2, 0) is 15.9 Å². The predicted octanol–water partition coefficient (Wildman–Crippen LogP) is 2.68. The van der Waals surface area contributed by atoms with Gasteiger partial charge in [-0.3, -0.25) is 0 Å². The number of rotatable bonds is 0. The van der Waals surface area contributed by atoms with Gasteiger partial charge >= 0.3 is 0 Å². The van der Waals surface area contributed by atoms with Crippen LogP contribution in [0.25, 0.3) is 0 Å². The molecule has 2 heteroatoms. The Labute approximate surface area is 90.2 Å². The molecule has 1 aromatic carbocycles. The van der Waals surface area contributed by atoms with Gasteiger partial charge in [-0.1, -0.05) is 24.3 Å².